The van der Waals surface area contributed by atoms with Gasteiger partial charge in [0.1, 0.15) is 5.82 Å². The van der Waals surface area contributed by atoms with Crippen LogP contribution in [0.25, 0.3) is 0 Å². The number of nitrogens with one attached hydrogen (secondary N) is 1. The molecule has 1 heterocycles. The molecule has 0 amide bonds. The fraction of sp³-hybridized carbons (Fsp3) is 0.562. The SMILES string of the molecule is CN=C(NCCC1CCCO1)N(C)Cc1cccc(F)c1.I. The largest absolute Gasteiger partial charge is 0.378 e. The van der Waals surface area contributed by atoms with Gasteiger partial charge in [-0.25, -0.2) is 4.39 Å². The van der Waals surface area contributed by atoms with Crippen LogP contribution in [0.15, 0.2) is 29.3 Å². The zero-order valence-electron chi connectivity index (χ0n) is 13.2. The Bertz CT molecular complexity index is 478. The molecule has 1 atom stereocenters. The molecule has 6 heteroatoms. The van der Waals surface area contributed by atoms with E-state index in [1.54, 1.807) is 19.2 Å². The lowest BCUT2D eigenvalue weighted by Crippen LogP contribution is -2.39. The lowest BCUT2D eigenvalue weighted by Gasteiger charge is -2.22. The van der Waals surface area contributed by atoms with E-state index in [4.69, 9.17) is 4.74 Å². The second kappa shape index (κ2) is 9.99. The van der Waals surface area contributed by atoms with Crippen molar-refractivity contribution in [2.24, 2.45) is 4.99 Å². The van der Waals surface area contributed by atoms with Crippen molar-refractivity contribution >= 4 is 29.9 Å². The summed E-state index contributed by atoms with van der Waals surface area (Å²) in [6.45, 7) is 2.35. The van der Waals surface area contributed by atoms with E-state index in [2.05, 4.69) is 10.3 Å². The molecule has 1 aliphatic rings. The second-order valence-electron chi connectivity index (χ2n) is 5.38. The van der Waals surface area contributed by atoms with E-state index in [-0.39, 0.29) is 29.8 Å². The number of hydrogen-bond acceptors (Lipinski definition) is 2. The van der Waals surface area contributed by atoms with Crippen LogP contribution in [-0.4, -0.2) is 44.2 Å². The maximum absolute atomic E-state index is 13.2. The maximum atomic E-state index is 13.2. The van der Waals surface area contributed by atoms with Crippen molar-refractivity contribution in [3.8, 4) is 0 Å². The van der Waals surface area contributed by atoms with Crippen molar-refractivity contribution in [1.82, 2.24) is 10.2 Å². The molecule has 1 aliphatic heterocycles. The Morgan fingerprint density at radius 2 is 2.32 bits per heavy atom. The first-order valence-electron chi connectivity index (χ1n) is 7.47. The van der Waals surface area contributed by atoms with Crippen molar-refractivity contribution in [1.29, 1.82) is 0 Å². The van der Waals surface area contributed by atoms with E-state index >= 15 is 0 Å². The molecular formula is C16H25FIN3O. The van der Waals surface area contributed by atoms with Gasteiger partial charge in [-0.05, 0) is 37.0 Å². The lowest BCUT2D eigenvalue weighted by atomic mass is 10.2. The van der Waals surface area contributed by atoms with Gasteiger partial charge in [-0.2, -0.15) is 0 Å². The predicted molar refractivity (Wildman–Crippen MR) is 98.2 cm³/mol. The second-order valence-corrected chi connectivity index (χ2v) is 5.38. The van der Waals surface area contributed by atoms with E-state index < -0.39 is 0 Å². The molecule has 1 saturated heterocycles. The topological polar surface area (TPSA) is 36.9 Å². The van der Waals surface area contributed by atoms with Crippen LogP contribution in [0.1, 0.15) is 24.8 Å². The van der Waals surface area contributed by atoms with Crippen LogP contribution in [0.4, 0.5) is 4.39 Å². The number of benzene rings is 1. The molecule has 1 aromatic rings. The average Bonchev–Trinajstić information content (AvgIpc) is 2.96. The normalized spacial score (nSPS) is 18.0. The van der Waals surface area contributed by atoms with E-state index in [9.17, 15) is 4.39 Å². The summed E-state index contributed by atoms with van der Waals surface area (Å²) in [5.74, 6) is 0.611. The Balaban J connectivity index is 0.00000242. The molecule has 1 aromatic carbocycles. The van der Waals surface area contributed by atoms with Gasteiger partial charge < -0.3 is 15.0 Å². The summed E-state index contributed by atoms with van der Waals surface area (Å²) < 4.78 is 18.8. The van der Waals surface area contributed by atoms with Gasteiger partial charge in [0.25, 0.3) is 0 Å². The number of hydrogen-bond donors (Lipinski definition) is 1. The molecule has 4 nitrogen and oxygen atoms in total. The van der Waals surface area contributed by atoms with Gasteiger partial charge in [-0.15, -0.1) is 24.0 Å². The van der Waals surface area contributed by atoms with E-state index in [0.717, 1.165) is 37.5 Å². The van der Waals surface area contributed by atoms with Gasteiger partial charge in [0.05, 0.1) is 6.10 Å². The number of ether oxygens (including phenoxy) is 1. The van der Waals surface area contributed by atoms with Crippen LogP contribution in [0.3, 0.4) is 0 Å². The highest BCUT2D eigenvalue weighted by atomic mass is 127. The zero-order chi connectivity index (χ0) is 15.1. The van der Waals surface area contributed by atoms with E-state index in [1.165, 1.54) is 12.5 Å². The van der Waals surface area contributed by atoms with Gasteiger partial charge in [0.15, 0.2) is 5.96 Å². The van der Waals surface area contributed by atoms with Crippen LogP contribution >= 0.6 is 24.0 Å². The summed E-state index contributed by atoms with van der Waals surface area (Å²) in [5.41, 5.74) is 0.930. The minimum atomic E-state index is -0.206. The standard InChI is InChI=1S/C16H24FN3O.HI/c1-18-16(19-9-8-15-7-4-10-21-15)20(2)12-13-5-3-6-14(17)11-13;/h3,5-6,11,15H,4,7-10,12H2,1-2H3,(H,18,19);1H. The van der Waals surface area contributed by atoms with Gasteiger partial charge >= 0.3 is 0 Å². The molecular weight excluding hydrogens is 396 g/mol. The van der Waals surface area contributed by atoms with E-state index in [1.807, 2.05) is 18.0 Å². The average molecular weight is 421 g/mol. The van der Waals surface area contributed by atoms with Crippen molar-refractivity contribution in [2.75, 3.05) is 27.2 Å². The quantitative estimate of drug-likeness (QED) is 0.451. The third-order valence-corrected chi connectivity index (χ3v) is 3.66. The first kappa shape index (κ1) is 19.2. The summed E-state index contributed by atoms with van der Waals surface area (Å²) in [4.78, 5) is 6.26. The predicted octanol–water partition coefficient (Wildman–Crippen LogP) is 3.02. The van der Waals surface area contributed by atoms with E-state index in [0.29, 0.717) is 12.6 Å². The number of nitrogens with zero attached hydrogens (tertiary/aromatic N) is 2. The van der Waals surface area contributed by atoms with Crippen molar-refractivity contribution in [3.63, 3.8) is 0 Å². The fourth-order valence-electron chi connectivity index (χ4n) is 2.59. The summed E-state index contributed by atoms with van der Waals surface area (Å²) >= 11 is 0. The Labute approximate surface area is 149 Å². The molecule has 1 fully saturated rings. The monoisotopic (exact) mass is 421 g/mol. The summed E-state index contributed by atoms with van der Waals surface area (Å²) in [7, 11) is 3.71. The van der Waals surface area contributed by atoms with Gasteiger partial charge in [-0.3, -0.25) is 4.99 Å². The number of rotatable bonds is 5. The van der Waals surface area contributed by atoms with Crippen LogP contribution in [0.2, 0.25) is 0 Å². The highest BCUT2D eigenvalue weighted by Crippen LogP contribution is 2.14. The number of halogens is 2. The van der Waals surface area contributed by atoms with Crippen LogP contribution < -0.4 is 5.32 Å². The fourth-order valence-corrected chi connectivity index (χ4v) is 2.59. The van der Waals surface area contributed by atoms with Gasteiger partial charge in [-0.1, -0.05) is 12.1 Å². The summed E-state index contributed by atoms with van der Waals surface area (Å²) in [5, 5.41) is 3.33. The van der Waals surface area contributed by atoms with Gasteiger partial charge in [0.2, 0.25) is 0 Å². The molecule has 0 radical (unpaired) electrons. The number of aliphatic imine (C=N–C) groups is 1. The van der Waals surface area contributed by atoms with Crippen molar-refractivity contribution in [2.45, 2.75) is 31.9 Å². The molecule has 2 rings (SSSR count). The Hall–Kier alpha value is -0.890. The summed E-state index contributed by atoms with van der Waals surface area (Å²) in [6.07, 6.45) is 3.69. The minimum absolute atomic E-state index is 0. The minimum Gasteiger partial charge on any atom is -0.378 e. The molecule has 0 spiro atoms. The molecule has 1 N–H and O–H groups in total. The van der Waals surface area contributed by atoms with Crippen LogP contribution in [-0.2, 0) is 11.3 Å². The Kier molecular flexibility index (Phi) is 8.70. The van der Waals surface area contributed by atoms with Gasteiger partial charge in [0, 0.05) is 33.8 Å². The molecule has 22 heavy (non-hydrogen) atoms. The Morgan fingerprint density at radius 3 is 2.95 bits per heavy atom. The zero-order valence-corrected chi connectivity index (χ0v) is 15.5. The third kappa shape index (κ3) is 6.08. The molecule has 1 unspecified atom stereocenters. The van der Waals surface area contributed by atoms with Crippen molar-refractivity contribution in [3.05, 3.63) is 35.6 Å². The van der Waals surface area contributed by atoms with Crippen molar-refractivity contribution < 1.29 is 9.13 Å². The number of guanidine groups is 1. The molecule has 0 aromatic heterocycles. The maximum Gasteiger partial charge on any atom is 0.193 e. The highest BCUT2D eigenvalue weighted by Gasteiger charge is 2.15. The first-order chi connectivity index (χ1) is 10.2. The van der Waals surface area contributed by atoms with Crippen LogP contribution in [0.5, 0.6) is 0 Å². The summed E-state index contributed by atoms with van der Waals surface area (Å²) in [6, 6.07) is 6.65. The lowest BCUT2D eigenvalue weighted by molar-refractivity contribution is 0.105. The third-order valence-electron chi connectivity index (χ3n) is 3.66. The first-order valence-corrected chi connectivity index (χ1v) is 7.47. The molecule has 0 saturated carbocycles. The molecule has 0 bridgehead atoms. The smallest absolute Gasteiger partial charge is 0.193 e. The Morgan fingerprint density at radius 1 is 1.50 bits per heavy atom. The van der Waals surface area contributed by atoms with Crippen LogP contribution in [0, 0.1) is 5.82 Å². The highest BCUT2D eigenvalue weighted by molar-refractivity contribution is 14.0. The molecule has 0 aliphatic carbocycles. The molecule has 124 valence electrons.